The molecule has 1 N–H and O–H groups in total. The largest absolute Gasteiger partial charge is 0.355 e. The summed E-state index contributed by atoms with van der Waals surface area (Å²) < 4.78 is 2.05. The number of rotatable bonds is 7. The van der Waals surface area contributed by atoms with Gasteiger partial charge in [0.2, 0.25) is 5.91 Å². The molecule has 1 fully saturated rings. The van der Waals surface area contributed by atoms with Gasteiger partial charge in [-0.3, -0.25) is 4.79 Å². The maximum absolute atomic E-state index is 12.0. The second-order valence-corrected chi connectivity index (χ2v) is 7.20. The number of benzene rings is 1. The van der Waals surface area contributed by atoms with E-state index in [9.17, 15) is 4.79 Å². The van der Waals surface area contributed by atoms with Crippen LogP contribution in [0.15, 0.2) is 35.5 Å². The van der Waals surface area contributed by atoms with E-state index >= 15 is 0 Å². The molecule has 1 amide bonds. The first kappa shape index (κ1) is 17.0. The highest BCUT2D eigenvalue weighted by atomic mass is 32.2. The van der Waals surface area contributed by atoms with Crippen LogP contribution in [0.5, 0.6) is 0 Å². The number of hydrogen-bond donors (Lipinski definition) is 1. The van der Waals surface area contributed by atoms with Crippen LogP contribution in [0.4, 0.5) is 0 Å². The van der Waals surface area contributed by atoms with Gasteiger partial charge in [0, 0.05) is 19.5 Å². The van der Waals surface area contributed by atoms with Crippen LogP contribution in [0.3, 0.4) is 0 Å². The van der Waals surface area contributed by atoms with Crippen LogP contribution in [-0.4, -0.2) is 33.0 Å². The summed E-state index contributed by atoms with van der Waals surface area (Å²) in [5.74, 6) is 2.03. The Morgan fingerprint density at radius 2 is 2.00 bits per heavy atom. The molecule has 2 aromatic rings. The predicted molar refractivity (Wildman–Crippen MR) is 96.1 cm³/mol. The summed E-state index contributed by atoms with van der Waals surface area (Å²) in [5.41, 5.74) is 1.24. The summed E-state index contributed by atoms with van der Waals surface area (Å²) in [7, 11) is 2.00. The van der Waals surface area contributed by atoms with E-state index in [1.165, 1.54) is 43.0 Å². The highest BCUT2D eigenvalue weighted by Crippen LogP contribution is 2.33. The van der Waals surface area contributed by atoms with Gasteiger partial charge in [0.25, 0.3) is 0 Å². The summed E-state index contributed by atoms with van der Waals surface area (Å²) in [6.45, 7) is 0.662. The Balaban J connectivity index is 1.43. The molecule has 0 bridgehead atoms. The van der Waals surface area contributed by atoms with Gasteiger partial charge in [0.1, 0.15) is 5.82 Å². The average Bonchev–Trinajstić information content (AvgIpc) is 3.24. The van der Waals surface area contributed by atoms with Crippen molar-refractivity contribution in [1.82, 2.24) is 20.1 Å². The average molecular weight is 344 g/mol. The van der Waals surface area contributed by atoms with Crippen molar-refractivity contribution in [3.63, 3.8) is 0 Å². The lowest BCUT2D eigenvalue weighted by Crippen LogP contribution is -2.27. The Hall–Kier alpha value is -1.82. The fraction of sp³-hybridized carbons (Fsp3) is 0.500. The molecule has 3 rings (SSSR count). The van der Waals surface area contributed by atoms with Crippen LogP contribution < -0.4 is 5.32 Å². The van der Waals surface area contributed by atoms with E-state index in [0.29, 0.717) is 18.2 Å². The molecule has 128 valence electrons. The fourth-order valence-electron chi connectivity index (χ4n) is 3.16. The number of thioether (sulfide) groups is 1. The number of hydrogen-bond acceptors (Lipinski definition) is 4. The van der Waals surface area contributed by atoms with Crippen molar-refractivity contribution in [2.75, 3.05) is 12.3 Å². The number of amides is 1. The lowest BCUT2D eigenvalue weighted by Gasteiger charge is -2.09. The third-order valence-corrected chi connectivity index (χ3v) is 5.52. The number of nitrogens with zero attached hydrogens (tertiary/aromatic N) is 3. The van der Waals surface area contributed by atoms with Crippen molar-refractivity contribution < 1.29 is 4.79 Å². The van der Waals surface area contributed by atoms with Gasteiger partial charge in [-0.25, -0.2) is 0 Å². The van der Waals surface area contributed by atoms with Crippen molar-refractivity contribution in [3.8, 4) is 0 Å². The standard InChI is InChI=1S/C18H24N4OS/c1-22-17(15-9-5-6-10-15)20-21-18(22)24-13-16(23)19-12-11-14-7-3-2-4-8-14/h2-4,7-8,15H,5-6,9-13H2,1H3,(H,19,23). The summed E-state index contributed by atoms with van der Waals surface area (Å²) >= 11 is 1.46. The summed E-state index contributed by atoms with van der Waals surface area (Å²) in [5, 5.41) is 12.4. The molecule has 1 aliphatic carbocycles. The second-order valence-electron chi connectivity index (χ2n) is 6.26. The van der Waals surface area contributed by atoms with Gasteiger partial charge in [0.05, 0.1) is 5.75 Å². The van der Waals surface area contributed by atoms with Crippen LogP contribution in [0.1, 0.15) is 43.0 Å². The zero-order valence-corrected chi connectivity index (χ0v) is 14.9. The topological polar surface area (TPSA) is 59.8 Å². The van der Waals surface area contributed by atoms with Gasteiger partial charge >= 0.3 is 0 Å². The molecule has 0 unspecified atom stereocenters. The van der Waals surface area contributed by atoms with Gasteiger partial charge in [-0.2, -0.15) is 0 Å². The number of aromatic nitrogens is 3. The van der Waals surface area contributed by atoms with Crippen molar-refractivity contribution in [3.05, 3.63) is 41.7 Å². The zero-order chi connectivity index (χ0) is 16.8. The Morgan fingerprint density at radius 3 is 2.75 bits per heavy atom. The molecule has 1 aromatic heterocycles. The summed E-state index contributed by atoms with van der Waals surface area (Å²) in [4.78, 5) is 12.0. The summed E-state index contributed by atoms with van der Waals surface area (Å²) in [6, 6.07) is 10.2. The molecule has 1 saturated carbocycles. The highest BCUT2D eigenvalue weighted by molar-refractivity contribution is 7.99. The van der Waals surface area contributed by atoms with Gasteiger partial charge in [0.15, 0.2) is 5.16 Å². The van der Waals surface area contributed by atoms with Gasteiger partial charge in [-0.1, -0.05) is 54.9 Å². The number of nitrogens with one attached hydrogen (secondary N) is 1. The van der Waals surface area contributed by atoms with E-state index in [2.05, 4.69) is 32.2 Å². The Labute approximate surface area is 147 Å². The van der Waals surface area contributed by atoms with E-state index in [4.69, 9.17) is 0 Å². The first-order valence-electron chi connectivity index (χ1n) is 8.57. The van der Waals surface area contributed by atoms with Gasteiger partial charge in [-0.05, 0) is 24.8 Å². The Bertz CT molecular complexity index is 665. The number of carbonyl (C=O) groups is 1. The zero-order valence-electron chi connectivity index (χ0n) is 14.1. The molecule has 0 spiro atoms. The van der Waals surface area contributed by atoms with E-state index in [-0.39, 0.29) is 5.91 Å². The molecule has 1 aromatic carbocycles. The first-order valence-corrected chi connectivity index (χ1v) is 9.55. The SMILES string of the molecule is Cn1c(SCC(=O)NCCc2ccccc2)nnc1C1CCCC1. The minimum Gasteiger partial charge on any atom is -0.355 e. The quantitative estimate of drug-likeness (QED) is 0.785. The third kappa shape index (κ3) is 4.38. The molecular weight excluding hydrogens is 320 g/mol. The van der Waals surface area contributed by atoms with Crippen LogP contribution >= 0.6 is 11.8 Å². The molecule has 24 heavy (non-hydrogen) atoms. The molecule has 0 saturated heterocycles. The van der Waals surface area contributed by atoms with Crippen LogP contribution in [-0.2, 0) is 18.3 Å². The third-order valence-electron chi connectivity index (χ3n) is 4.50. The smallest absolute Gasteiger partial charge is 0.230 e. The van der Waals surface area contributed by atoms with E-state index < -0.39 is 0 Å². The molecule has 0 radical (unpaired) electrons. The highest BCUT2D eigenvalue weighted by Gasteiger charge is 2.23. The van der Waals surface area contributed by atoms with E-state index in [1.807, 2.05) is 25.2 Å². The number of carbonyl (C=O) groups excluding carboxylic acids is 1. The molecule has 1 aliphatic rings. The minimum atomic E-state index is 0.0429. The van der Waals surface area contributed by atoms with Gasteiger partial charge < -0.3 is 9.88 Å². The second kappa shape index (κ2) is 8.33. The molecular formula is C18H24N4OS. The van der Waals surface area contributed by atoms with Gasteiger partial charge in [-0.15, -0.1) is 10.2 Å². The van der Waals surface area contributed by atoms with Crippen LogP contribution in [0.25, 0.3) is 0 Å². The normalized spacial score (nSPS) is 14.9. The van der Waals surface area contributed by atoms with E-state index in [1.54, 1.807) is 0 Å². The van der Waals surface area contributed by atoms with Crippen molar-refractivity contribution in [1.29, 1.82) is 0 Å². The van der Waals surface area contributed by atoms with Crippen molar-refractivity contribution in [2.24, 2.45) is 7.05 Å². The maximum Gasteiger partial charge on any atom is 0.230 e. The van der Waals surface area contributed by atoms with Crippen LogP contribution in [0, 0.1) is 0 Å². The van der Waals surface area contributed by atoms with E-state index in [0.717, 1.165) is 17.4 Å². The molecule has 1 heterocycles. The lowest BCUT2D eigenvalue weighted by atomic mass is 10.1. The molecule has 0 aliphatic heterocycles. The predicted octanol–water partition coefficient (Wildman–Crippen LogP) is 2.92. The first-order chi connectivity index (χ1) is 11.7. The molecule has 6 heteroatoms. The van der Waals surface area contributed by atoms with Crippen molar-refractivity contribution in [2.45, 2.75) is 43.2 Å². The lowest BCUT2D eigenvalue weighted by molar-refractivity contribution is -0.118. The molecule has 5 nitrogen and oxygen atoms in total. The monoisotopic (exact) mass is 344 g/mol. The molecule has 0 atom stereocenters. The van der Waals surface area contributed by atoms with Crippen LogP contribution in [0.2, 0.25) is 0 Å². The fourth-order valence-corrected chi connectivity index (χ4v) is 3.91. The minimum absolute atomic E-state index is 0.0429. The summed E-state index contributed by atoms with van der Waals surface area (Å²) in [6.07, 6.45) is 5.83. The van der Waals surface area contributed by atoms with Crippen molar-refractivity contribution >= 4 is 17.7 Å². The maximum atomic E-state index is 12.0. The Kier molecular flexibility index (Phi) is 5.91. The Morgan fingerprint density at radius 1 is 1.25 bits per heavy atom.